The van der Waals surface area contributed by atoms with E-state index in [1.807, 2.05) is 19.9 Å². The molecule has 1 aliphatic heterocycles. The second-order valence-electron chi connectivity index (χ2n) is 9.34. The number of sulfonamides is 1. The summed E-state index contributed by atoms with van der Waals surface area (Å²) in [6.07, 6.45) is 1.12. The molecule has 200 valence electrons. The number of benzene rings is 2. The number of rotatable bonds is 10. The molecule has 0 N–H and O–H groups in total. The van der Waals surface area contributed by atoms with Crippen molar-refractivity contribution >= 4 is 42.6 Å². The maximum atomic E-state index is 14.1. The highest BCUT2D eigenvalue weighted by Gasteiger charge is 2.42. The van der Waals surface area contributed by atoms with Gasteiger partial charge in [-0.2, -0.15) is 4.31 Å². The van der Waals surface area contributed by atoms with Gasteiger partial charge in [-0.25, -0.2) is 13.4 Å². The predicted octanol–water partition coefficient (Wildman–Crippen LogP) is 4.45. The highest BCUT2D eigenvalue weighted by Crippen LogP contribution is 2.35. The quantitative estimate of drug-likeness (QED) is 0.375. The SMILES string of the molecule is CCN(CC)CCN(C(=O)C1CCCN1S(=O)(=O)c1ccc(OC)cc1)c1nc2c(C)ccc(C)c2s1. The first kappa shape index (κ1) is 27.5. The number of thiazole rings is 1. The number of carbonyl (C=O) groups excluding carboxylic acids is 1. The molecule has 1 aliphatic rings. The number of methoxy groups -OCH3 is 1. The minimum absolute atomic E-state index is 0.161. The van der Waals surface area contributed by atoms with Crippen molar-refractivity contribution in [2.24, 2.45) is 0 Å². The normalized spacial score (nSPS) is 16.5. The van der Waals surface area contributed by atoms with Crippen molar-refractivity contribution in [1.29, 1.82) is 0 Å². The van der Waals surface area contributed by atoms with Crippen LogP contribution in [0.25, 0.3) is 10.2 Å². The van der Waals surface area contributed by atoms with E-state index in [4.69, 9.17) is 9.72 Å². The van der Waals surface area contributed by atoms with Crippen molar-refractivity contribution in [2.75, 3.05) is 44.7 Å². The van der Waals surface area contributed by atoms with Gasteiger partial charge in [0.05, 0.1) is 22.2 Å². The van der Waals surface area contributed by atoms with E-state index >= 15 is 0 Å². The Morgan fingerprint density at radius 1 is 1.08 bits per heavy atom. The second-order valence-corrected chi connectivity index (χ2v) is 12.2. The first-order valence-electron chi connectivity index (χ1n) is 12.8. The second kappa shape index (κ2) is 11.5. The molecule has 1 aromatic heterocycles. The van der Waals surface area contributed by atoms with E-state index in [0.29, 0.717) is 43.4 Å². The van der Waals surface area contributed by atoms with E-state index in [9.17, 15) is 13.2 Å². The number of anilines is 1. The molecule has 0 spiro atoms. The summed E-state index contributed by atoms with van der Waals surface area (Å²) in [5.74, 6) is 0.369. The third kappa shape index (κ3) is 5.52. The number of aromatic nitrogens is 1. The number of nitrogens with zero attached hydrogens (tertiary/aromatic N) is 4. The molecule has 1 amide bonds. The lowest BCUT2D eigenvalue weighted by Gasteiger charge is -2.30. The lowest BCUT2D eigenvalue weighted by Crippen LogP contribution is -2.49. The van der Waals surface area contributed by atoms with E-state index in [1.165, 1.54) is 34.9 Å². The zero-order chi connectivity index (χ0) is 26.7. The van der Waals surface area contributed by atoms with Gasteiger partial charge in [-0.1, -0.05) is 37.3 Å². The van der Waals surface area contributed by atoms with E-state index in [-0.39, 0.29) is 10.8 Å². The Kier molecular flexibility index (Phi) is 8.52. The van der Waals surface area contributed by atoms with Crippen LogP contribution in [0.3, 0.4) is 0 Å². The predicted molar refractivity (Wildman–Crippen MR) is 149 cm³/mol. The summed E-state index contributed by atoms with van der Waals surface area (Å²) >= 11 is 1.50. The molecule has 2 aromatic carbocycles. The van der Waals surface area contributed by atoms with Crippen molar-refractivity contribution < 1.29 is 17.9 Å². The highest BCUT2D eigenvalue weighted by atomic mass is 32.2. The first-order chi connectivity index (χ1) is 17.7. The van der Waals surface area contributed by atoms with Crippen LogP contribution in [0.4, 0.5) is 5.13 Å². The maximum absolute atomic E-state index is 14.1. The van der Waals surface area contributed by atoms with Crippen LogP contribution in [0.15, 0.2) is 41.3 Å². The van der Waals surface area contributed by atoms with Gasteiger partial charge in [-0.3, -0.25) is 9.69 Å². The fraction of sp³-hybridized carbons (Fsp3) is 0.481. The van der Waals surface area contributed by atoms with E-state index < -0.39 is 16.1 Å². The third-order valence-electron chi connectivity index (χ3n) is 7.12. The molecule has 1 atom stereocenters. The molecule has 0 aliphatic carbocycles. The topological polar surface area (TPSA) is 83.0 Å². The summed E-state index contributed by atoms with van der Waals surface area (Å²) in [6.45, 7) is 11.5. The van der Waals surface area contributed by atoms with Crippen LogP contribution in [0, 0.1) is 13.8 Å². The highest BCUT2D eigenvalue weighted by molar-refractivity contribution is 7.89. The fourth-order valence-electron chi connectivity index (χ4n) is 4.78. The Hall–Kier alpha value is -2.53. The lowest BCUT2D eigenvalue weighted by molar-refractivity contribution is -0.121. The minimum atomic E-state index is -3.85. The summed E-state index contributed by atoms with van der Waals surface area (Å²) in [6, 6.07) is 9.67. The average Bonchev–Trinajstić information content (AvgIpc) is 3.58. The van der Waals surface area contributed by atoms with Crippen LogP contribution >= 0.6 is 11.3 Å². The number of carbonyl (C=O) groups is 1. The van der Waals surface area contributed by atoms with Gasteiger partial charge in [0.2, 0.25) is 15.9 Å². The van der Waals surface area contributed by atoms with Crippen molar-refractivity contribution in [3.63, 3.8) is 0 Å². The van der Waals surface area contributed by atoms with Gasteiger partial charge in [0.1, 0.15) is 11.8 Å². The molecule has 0 saturated carbocycles. The number of amides is 1. The summed E-state index contributed by atoms with van der Waals surface area (Å²) in [5.41, 5.74) is 3.07. The molecule has 1 fully saturated rings. The van der Waals surface area contributed by atoms with Gasteiger partial charge >= 0.3 is 0 Å². The van der Waals surface area contributed by atoms with E-state index in [0.717, 1.165) is 34.4 Å². The molecule has 37 heavy (non-hydrogen) atoms. The summed E-state index contributed by atoms with van der Waals surface area (Å²) in [5, 5.41) is 0.623. The van der Waals surface area contributed by atoms with E-state index in [1.54, 1.807) is 17.0 Å². The van der Waals surface area contributed by atoms with Crippen molar-refractivity contribution in [3.8, 4) is 5.75 Å². The van der Waals surface area contributed by atoms with Crippen LogP contribution in [0.5, 0.6) is 5.75 Å². The van der Waals surface area contributed by atoms with Crippen LogP contribution in [0.2, 0.25) is 0 Å². The van der Waals surface area contributed by atoms with Crippen molar-refractivity contribution in [3.05, 3.63) is 47.5 Å². The van der Waals surface area contributed by atoms with Gasteiger partial charge in [-0.15, -0.1) is 0 Å². The zero-order valence-corrected chi connectivity index (χ0v) is 23.9. The molecule has 4 rings (SSSR count). The Labute approximate surface area is 223 Å². The molecular formula is C27H36N4O4S2. The molecular weight excluding hydrogens is 508 g/mol. The number of ether oxygens (including phenoxy) is 1. The van der Waals surface area contributed by atoms with Crippen LogP contribution in [-0.2, 0) is 14.8 Å². The van der Waals surface area contributed by atoms with Gasteiger partial charge < -0.3 is 9.64 Å². The van der Waals surface area contributed by atoms with Crippen LogP contribution in [0.1, 0.15) is 37.8 Å². The number of hydrogen-bond acceptors (Lipinski definition) is 7. The van der Waals surface area contributed by atoms with Crippen molar-refractivity contribution in [2.45, 2.75) is 51.5 Å². The number of fused-ring (bicyclic) bond motifs is 1. The molecule has 10 heteroatoms. The third-order valence-corrected chi connectivity index (χ3v) is 10.3. The van der Waals surface area contributed by atoms with Crippen LogP contribution in [-0.4, -0.2) is 74.4 Å². The monoisotopic (exact) mass is 544 g/mol. The number of aryl methyl sites for hydroxylation is 2. The number of likely N-dealkylation sites (N-methyl/N-ethyl adjacent to an activating group) is 1. The van der Waals surface area contributed by atoms with Gasteiger partial charge in [0, 0.05) is 19.6 Å². The van der Waals surface area contributed by atoms with Crippen molar-refractivity contribution in [1.82, 2.24) is 14.2 Å². The molecule has 0 radical (unpaired) electrons. The Morgan fingerprint density at radius 2 is 1.76 bits per heavy atom. The number of hydrogen-bond donors (Lipinski definition) is 0. The van der Waals surface area contributed by atoms with Gasteiger partial charge in [-0.05, 0) is 75.2 Å². The van der Waals surface area contributed by atoms with Gasteiger partial charge in [0.25, 0.3) is 0 Å². The maximum Gasteiger partial charge on any atom is 0.247 e. The molecule has 2 heterocycles. The Balaban J connectivity index is 1.69. The summed E-state index contributed by atoms with van der Waals surface area (Å²) in [7, 11) is -2.31. The van der Waals surface area contributed by atoms with Crippen LogP contribution < -0.4 is 9.64 Å². The lowest BCUT2D eigenvalue weighted by atomic mass is 10.1. The van der Waals surface area contributed by atoms with E-state index in [2.05, 4.69) is 24.8 Å². The molecule has 8 nitrogen and oxygen atoms in total. The summed E-state index contributed by atoms with van der Waals surface area (Å²) in [4.78, 5) is 23.1. The fourth-order valence-corrected chi connectivity index (χ4v) is 7.58. The minimum Gasteiger partial charge on any atom is -0.497 e. The summed E-state index contributed by atoms with van der Waals surface area (Å²) < 4.78 is 34.8. The van der Waals surface area contributed by atoms with Gasteiger partial charge in [0.15, 0.2) is 5.13 Å². The first-order valence-corrected chi connectivity index (χ1v) is 15.0. The molecule has 1 saturated heterocycles. The Morgan fingerprint density at radius 3 is 2.38 bits per heavy atom. The molecule has 1 unspecified atom stereocenters. The molecule has 0 bridgehead atoms. The standard InChI is InChI=1S/C27H36N4O4S2/c1-6-29(7-2)17-18-30(27-28-24-19(3)10-11-20(4)25(24)36-27)26(32)23-9-8-16-31(23)37(33,34)22-14-12-21(35-5)13-15-22/h10-15,23H,6-9,16-18H2,1-5H3. The Bertz CT molecular complexity index is 1310. The zero-order valence-electron chi connectivity index (χ0n) is 22.2. The smallest absolute Gasteiger partial charge is 0.247 e. The largest absolute Gasteiger partial charge is 0.497 e. The molecule has 3 aromatic rings. The average molecular weight is 545 g/mol.